The van der Waals surface area contributed by atoms with Gasteiger partial charge in [0.15, 0.2) is 11.5 Å². The molecule has 0 aromatic heterocycles. The predicted molar refractivity (Wildman–Crippen MR) is 118 cm³/mol. The molecule has 2 aliphatic heterocycles. The third-order valence-corrected chi connectivity index (χ3v) is 7.79. The van der Waals surface area contributed by atoms with Crippen molar-refractivity contribution >= 4 is 39.1 Å². The Bertz CT molecular complexity index is 1090. The Labute approximate surface area is 191 Å². The van der Waals surface area contributed by atoms with Crippen molar-refractivity contribution in [2.45, 2.75) is 25.1 Å². The maximum Gasteiger partial charge on any atom is 0.231 e. The topological polar surface area (TPSA) is 84.9 Å². The minimum absolute atomic E-state index is 0.153. The van der Waals surface area contributed by atoms with E-state index < -0.39 is 15.9 Å². The molecule has 7 nitrogen and oxygen atoms in total. The molecule has 10 heteroatoms. The molecule has 1 atom stereocenters. The van der Waals surface area contributed by atoms with Crippen LogP contribution in [0.3, 0.4) is 0 Å². The largest absolute Gasteiger partial charge is 0.454 e. The first-order valence-corrected chi connectivity index (χ1v) is 12.3. The second kappa shape index (κ2) is 9.24. The molecule has 2 aromatic rings. The molecule has 2 aliphatic rings. The number of fused-ring (bicyclic) bond motifs is 1. The van der Waals surface area contributed by atoms with E-state index >= 15 is 0 Å². The number of amides is 1. The van der Waals surface area contributed by atoms with Gasteiger partial charge in [0.2, 0.25) is 22.7 Å². The van der Waals surface area contributed by atoms with E-state index in [1.165, 1.54) is 10.4 Å². The van der Waals surface area contributed by atoms with Gasteiger partial charge in [0.05, 0.1) is 11.7 Å². The summed E-state index contributed by atoms with van der Waals surface area (Å²) in [5.41, 5.74) is 1.37. The number of carbonyl (C=O) groups is 1. The van der Waals surface area contributed by atoms with Crippen molar-refractivity contribution in [3.63, 3.8) is 0 Å². The van der Waals surface area contributed by atoms with Crippen LogP contribution in [0.5, 0.6) is 11.5 Å². The molecule has 1 amide bonds. The number of rotatable bonds is 6. The Morgan fingerprint density at radius 3 is 2.74 bits per heavy atom. The van der Waals surface area contributed by atoms with Gasteiger partial charge in [0, 0.05) is 29.7 Å². The second-order valence-electron chi connectivity index (χ2n) is 7.59. The van der Waals surface area contributed by atoms with Gasteiger partial charge < -0.3 is 14.8 Å². The summed E-state index contributed by atoms with van der Waals surface area (Å²) in [4.78, 5) is 12.7. The lowest BCUT2D eigenvalue weighted by molar-refractivity contribution is -0.126. The van der Waals surface area contributed by atoms with Crippen LogP contribution >= 0.6 is 23.2 Å². The van der Waals surface area contributed by atoms with Crippen LogP contribution in [0.15, 0.2) is 36.4 Å². The summed E-state index contributed by atoms with van der Waals surface area (Å²) in [5.74, 6) is 0.543. The summed E-state index contributed by atoms with van der Waals surface area (Å²) in [6.45, 7) is 1.07. The number of sulfonamides is 1. The first kappa shape index (κ1) is 22.2. The Morgan fingerprint density at radius 1 is 1.13 bits per heavy atom. The van der Waals surface area contributed by atoms with Crippen LogP contribution in [0.2, 0.25) is 10.0 Å². The molecule has 0 spiro atoms. The first-order valence-electron chi connectivity index (χ1n) is 9.90. The fourth-order valence-electron chi connectivity index (χ4n) is 3.72. The Kier molecular flexibility index (Phi) is 6.62. The summed E-state index contributed by atoms with van der Waals surface area (Å²) in [6, 6.07) is 10.2. The van der Waals surface area contributed by atoms with Gasteiger partial charge in [-0.3, -0.25) is 4.79 Å². The lowest BCUT2D eigenvalue weighted by Gasteiger charge is -2.31. The number of ether oxygens (including phenoxy) is 2. The average Bonchev–Trinajstić information content (AvgIpc) is 3.22. The SMILES string of the molecule is O=C(NCc1ccc2c(c1)OCO2)[C@@H]1CCCN(S(=O)(=O)Cc2ccc(Cl)cc2Cl)C1. The number of piperidine rings is 1. The number of benzene rings is 2. The van der Waals surface area contributed by atoms with E-state index in [4.69, 9.17) is 32.7 Å². The van der Waals surface area contributed by atoms with E-state index in [2.05, 4.69) is 5.32 Å². The molecular formula is C21H22Cl2N2O5S. The van der Waals surface area contributed by atoms with Gasteiger partial charge in [-0.1, -0.05) is 35.3 Å². The normalized spacial score (nSPS) is 18.7. The van der Waals surface area contributed by atoms with Crippen LogP contribution in [0.1, 0.15) is 24.0 Å². The molecule has 166 valence electrons. The van der Waals surface area contributed by atoms with Gasteiger partial charge >= 0.3 is 0 Å². The number of nitrogens with zero attached hydrogens (tertiary/aromatic N) is 1. The van der Waals surface area contributed by atoms with Gasteiger partial charge in [0.25, 0.3) is 0 Å². The molecule has 31 heavy (non-hydrogen) atoms. The maximum atomic E-state index is 12.9. The van der Waals surface area contributed by atoms with Gasteiger partial charge in [-0.05, 0) is 48.2 Å². The van der Waals surface area contributed by atoms with Crippen molar-refractivity contribution < 1.29 is 22.7 Å². The smallest absolute Gasteiger partial charge is 0.231 e. The van der Waals surface area contributed by atoms with Gasteiger partial charge in [-0.25, -0.2) is 12.7 Å². The summed E-state index contributed by atoms with van der Waals surface area (Å²) in [6.07, 6.45) is 1.26. The Hall–Kier alpha value is -2.00. The summed E-state index contributed by atoms with van der Waals surface area (Å²) in [5, 5.41) is 3.66. The number of hydrogen-bond acceptors (Lipinski definition) is 5. The van der Waals surface area contributed by atoms with E-state index in [1.807, 2.05) is 12.1 Å². The zero-order chi connectivity index (χ0) is 22.0. The van der Waals surface area contributed by atoms with Crippen LogP contribution in [0.4, 0.5) is 0 Å². The van der Waals surface area contributed by atoms with Crippen LogP contribution in [-0.4, -0.2) is 38.5 Å². The molecule has 1 fully saturated rings. The van der Waals surface area contributed by atoms with Crippen molar-refractivity contribution in [3.05, 3.63) is 57.6 Å². The lowest BCUT2D eigenvalue weighted by Crippen LogP contribution is -2.45. The fraction of sp³-hybridized carbons (Fsp3) is 0.381. The van der Waals surface area contributed by atoms with Gasteiger partial charge in [0.1, 0.15) is 0 Å². The monoisotopic (exact) mass is 484 g/mol. The minimum atomic E-state index is -3.62. The molecule has 1 saturated heterocycles. The quantitative estimate of drug-likeness (QED) is 0.676. The first-order chi connectivity index (χ1) is 14.8. The zero-order valence-electron chi connectivity index (χ0n) is 16.6. The minimum Gasteiger partial charge on any atom is -0.454 e. The standard InChI is InChI=1S/C21H22Cl2N2O5S/c22-17-5-4-16(18(23)9-17)12-31(27,28)25-7-1-2-15(11-25)21(26)24-10-14-3-6-19-20(8-14)30-13-29-19/h3-6,8-9,15H,1-2,7,10-13H2,(H,24,26)/t15-/m1/s1. The average molecular weight is 485 g/mol. The molecule has 0 radical (unpaired) electrons. The molecular weight excluding hydrogens is 463 g/mol. The molecule has 0 saturated carbocycles. The predicted octanol–water partition coefficient (Wildman–Crippen LogP) is 3.58. The highest BCUT2D eigenvalue weighted by molar-refractivity contribution is 7.88. The van der Waals surface area contributed by atoms with Gasteiger partial charge in [-0.15, -0.1) is 0 Å². The lowest BCUT2D eigenvalue weighted by atomic mass is 9.98. The third-order valence-electron chi connectivity index (χ3n) is 5.41. The second-order valence-corrected chi connectivity index (χ2v) is 10.4. The molecule has 0 aliphatic carbocycles. The zero-order valence-corrected chi connectivity index (χ0v) is 19.0. The van der Waals surface area contributed by atoms with Crippen molar-refractivity contribution in [1.29, 1.82) is 0 Å². The Morgan fingerprint density at radius 2 is 1.94 bits per heavy atom. The molecule has 1 N–H and O–H groups in total. The molecule has 4 rings (SSSR count). The van der Waals surface area contributed by atoms with E-state index in [-0.39, 0.29) is 25.0 Å². The van der Waals surface area contributed by atoms with Crippen LogP contribution in [0.25, 0.3) is 0 Å². The fourth-order valence-corrected chi connectivity index (χ4v) is 5.92. The van der Waals surface area contributed by atoms with Crippen molar-refractivity contribution in [3.8, 4) is 11.5 Å². The van der Waals surface area contributed by atoms with Crippen molar-refractivity contribution in [1.82, 2.24) is 9.62 Å². The van der Waals surface area contributed by atoms with E-state index in [0.29, 0.717) is 53.0 Å². The van der Waals surface area contributed by atoms with E-state index in [1.54, 1.807) is 18.2 Å². The van der Waals surface area contributed by atoms with Crippen molar-refractivity contribution in [2.75, 3.05) is 19.9 Å². The number of carbonyl (C=O) groups excluding carboxylic acids is 1. The van der Waals surface area contributed by atoms with Crippen molar-refractivity contribution in [2.24, 2.45) is 5.92 Å². The summed E-state index contributed by atoms with van der Waals surface area (Å²) in [7, 11) is -3.62. The highest BCUT2D eigenvalue weighted by atomic mass is 35.5. The van der Waals surface area contributed by atoms with Gasteiger partial charge in [-0.2, -0.15) is 0 Å². The van der Waals surface area contributed by atoms with E-state index in [9.17, 15) is 13.2 Å². The maximum absolute atomic E-state index is 12.9. The number of halogens is 2. The molecule has 0 unspecified atom stereocenters. The third kappa shape index (κ3) is 5.26. The Balaban J connectivity index is 1.36. The summed E-state index contributed by atoms with van der Waals surface area (Å²) < 4.78 is 37.9. The number of hydrogen-bond donors (Lipinski definition) is 1. The highest BCUT2D eigenvalue weighted by Crippen LogP contribution is 2.32. The number of nitrogens with one attached hydrogen (secondary N) is 1. The molecule has 0 bridgehead atoms. The van der Waals surface area contributed by atoms with Crippen LogP contribution < -0.4 is 14.8 Å². The van der Waals surface area contributed by atoms with E-state index in [0.717, 1.165) is 5.56 Å². The molecule has 2 heterocycles. The van der Waals surface area contributed by atoms with Crippen LogP contribution in [-0.2, 0) is 27.1 Å². The summed E-state index contributed by atoms with van der Waals surface area (Å²) >= 11 is 12.0. The highest BCUT2D eigenvalue weighted by Gasteiger charge is 2.32. The van der Waals surface area contributed by atoms with Crippen LogP contribution in [0, 0.1) is 5.92 Å². The molecule has 2 aromatic carbocycles.